The lowest BCUT2D eigenvalue weighted by molar-refractivity contribution is 0.244. The zero-order chi connectivity index (χ0) is 23.4. The molecular weight excluding hydrogens is 418 g/mol. The monoisotopic (exact) mass is 443 g/mol. The molecule has 8 nitrogen and oxygen atoms in total. The van der Waals surface area contributed by atoms with Gasteiger partial charge in [-0.3, -0.25) is 9.67 Å². The maximum atomic E-state index is 5.60. The molecule has 0 amide bonds. The van der Waals surface area contributed by atoms with Crippen LogP contribution in [0.3, 0.4) is 0 Å². The van der Waals surface area contributed by atoms with Crippen LogP contribution in [0.4, 0.5) is 0 Å². The van der Waals surface area contributed by atoms with E-state index in [1.54, 1.807) is 31.3 Å². The van der Waals surface area contributed by atoms with Crippen LogP contribution in [0.5, 0.6) is 11.5 Å². The number of aromatic nitrogens is 5. The highest BCUT2D eigenvalue weighted by Crippen LogP contribution is 2.31. The van der Waals surface area contributed by atoms with Crippen LogP contribution in [0.1, 0.15) is 18.2 Å². The first-order valence-electron chi connectivity index (χ1n) is 10.4. The molecule has 1 aromatic carbocycles. The SMILES string of the molecule is C=C(/C=C(/c1cc(OC)cc(OC)c1)c1ccc2ncc(-c3cnn(C)c3)nc2n1)OCC. The third kappa shape index (κ3) is 4.85. The summed E-state index contributed by atoms with van der Waals surface area (Å²) in [7, 11) is 5.09. The van der Waals surface area contributed by atoms with E-state index in [9.17, 15) is 0 Å². The second-order valence-corrected chi connectivity index (χ2v) is 7.26. The number of fused-ring (bicyclic) bond motifs is 1. The smallest absolute Gasteiger partial charge is 0.179 e. The summed E-state index contributed by atoms with van der Waals surface area (Å²) in [6.45, 7) is 6.44. The summed E-state index contributed by atoms with van der Waals surface area (Å²) in [6, 6.07) is 9.44. The largest absolute Gasteiger partial charge is 0.497 e. The van der Waals surface area contributed by atoms with Gasteiger partial charge in [-0.1, -0.05) is 6.58 Å². The number of rotatable bonds is 8. The number of hydrogen-bond donors (Lipinski definition) is 0. The maximum absolute atomic E-state index is 5.60. The molecule has 0 saturated carbocycles. The molecule has 0 aliphatic rings. The second kappa shape index (κ2) is 9.52. The van der Waals surface area contributed by atoms with Gasteiger partial charge >= 0.3 is 0 Å². The molecule has 0 bridgehead atoms. The molecule has 0 unspecified atom stereocenters. The van der Waals surface area contributed by atoms with Crippen molar-refractivity contribution >= 4 is 16.7 Å². The van der Waals surface area contributed by atoms with E-state index in [0.717, 1.165) is 16.7 Å². The molecule has 3 heterocycles. The third-order valence-corrected chi connectivity index (χ3v) is 4.98. The van der Waals surface area contributed by atoms with Gasteiger partial charge in [-0.25, -0.2) is 9.97 Å². The van der Waals surface area contributed by atoms with E-state index >= 15 is 0 Å². The Kier molecular flexibility index (Phi) is 6.35. The molecule has 4 aromatic rings. The van der Waals surface area contributed by atoms with Gasteiger partial charge in [0.2, 0.25) is 0 Å². The predicted molar refractivity (Wildman–Crippen MR) is 127 cm³/mol. The molecule has 8 heteroatoms. The topological polar surface area (TPSA) is 84.2 Å². The first kappa shape index (κ1) is 22.0. The lowest BCUT2D eigenvalue weighted by Crippen LogP contribution is -1.99. The molecule has 33 heavy (non-hydrogen) atoms. The quantitative estimate of drug-likeness (QED) is 0.294. The molecule has 0 aliphatic carbocycles. The number of aryl methyl sites for hydroxylation is 1. The molecule has 3 aromatic heterocycles. The number of methoxy groups -OCH3 is 2. The first-order valence-corrected chi connectivity index (χ1v) is 10.4. The van der Waals surface area contributed by atoms with Gasteiger partial charge in [0.1, 0.15) is 22.8 Å². The standard InChI is InChI=1S/C25H25N5O3/c1-6-33-16(2)9-21(17-10-19(31-4)12-20(11-17)32-5)22-7-8-23-25(28-22)29-24(14-26-23)18-13-27-30(3)15-18/h7-15H,2,6H2,1,3-5H3/b21-9-. The summed E-state index contributed by atoms with van der Waals surface area (Å²) in [5.74, 6) is 1.85. The Morgan fingerprint density at radius 3 is 2.45 bits per heavy atom. The fourth-order valence-electron chi connectivity index (χ4n) is 3.40. The highest BCUT2D eigenvalue weighted by molar-refractivity contribution is 5.84. The van der Waals surface area contributed by atoms with E-state index in [2.05, 4.69) is 16.7 Å². The Bertz CT molecular complexity index is 1320. The third-order valence-electron chi connectivity index (χ3n) is 4.98. The number of pyridine rings is 1. The molecule has 0 spiro atoms. The molecule has 168 valence electrons. The highest BCUT2D eigenvalue weighted by Gasteiger charge is 2.14. The number of ether oxygens (including phenoxy) is 3. The van der Waals surface area contributed by atoms with E-state index in [4.69, 9.17) is 24.2 Å². The van der Waals surface area contributed by atoms with E-state index < -0.39 is 0 Å². The van der Waals surface area contributed by atoms with Crippen molar-refractivity contribution in [3.63, 3.8) is 0 Å². The number of nitrogens with zero attached hydrogens (tertiary/aromatic N) is 5. The predicted octanol–water partition coefficient (Wildman–Crippen LogP) is 4.42. The van der Waals surface area contributed by atoms with Gasteiger partial charge in [-0.2, -0.15) is 5.10 Å². The normalized spacial score (nSPS) is 11.5. The Labute approximate surface area is 192 Å². The minimum atomic E-state index is 0.509. The van der Waals surface area contributed by atoms with Crippen molar-refractivity contribution in [2.45, 2.75) is 6.92 Å². The Morgan fingerprint density at radius 1 is 1.06 bits per heavy atom. The van der Waals surface area contributed by atoms with Crippen LogP contribution < -0.4 is 9.47 Å². The van der Waals surface area contributed by atoms with Crippen LogP contribution in [0.25, 0.3) is 28.0 Å². The fraction of sp³-hybridized carbons (Fsp3) is 0.200. The average Bonchev–Trinajstić information content (AvgIpc) is 3.27. The van der Waals surface area contributed by atoms with Crippen LogP contribution >= 0.6 is 0 Å². The summed E-state index contributed by atoms with van der Waals surface area (Å²) in [5, 5.41) is 4.21. The van der Waals surface area contributed by atoms with Crippen LogP contribution in [-0.4, -0.2) is 45.6 Å². The molecule has 0 saturated heterocycles. The lowest BCUT2D eigenvalue weighted by atomic mass is 10.0. The van der Waals surface area contributed by atoms with Crippen molar-refractivity contribution in [3.8, 4) is 22.8 Å². The Morgan fingerprint density at radius 2 is 1.82 bits per heavy atom. The minimum absolute atomic E-state index is 0.509. The molecule has 0 N–H and O–H groups in total. The van der Waals surface area contributed by atoms with Crippen molar-refractivity contribution in [1.82, 2.24) is 24.7 Å². The fourth-order valence-corrected chi connectivity index (χ4v) is 3.40. The van der Waals surface area contributed by atoms with Crippen LogP contribution in [0.15, 0.2) is 67.3 Å². The summed E-state index contributed by atoms with van der Waals surface area (Å²) in [5.41, 5.74) is 5.12. The van der Waals surface area contributed by atoms with E-state index in [-0.39, 0.29) is 0 Å². The summed E-state index contributed by atoms with van der Waals surface area (Å²) in [6.07, 6.45) is 7.21. The summed E-state index contributed by atoms with van der Waals surface area (Å²) >= 11 is 0. The molecular formula is C25H25N5O3. The maximum Gasteiger partial charge on any atom is 0.179 e. The van der Waals surface area contributed by atoms with E-state index in [1.165, 1.54) is 0 Å². The molecule has 0 atom stereocenters. The van der Waals surface area contributed by atoms with Crippen molar-refractivity contribution in [2.24, 2.45) is 7.05 Å². The summed E-state index contributed by atoms with van der Waals surface area (Å²) in [4.78, 5) is 14.1. The van der Waals surface area contributed by atoms with Gasteiger partial charge in [-0.15, -0.1) is 0 Å². The number of benzene rings is 1. The van der Waals surface area contributed by atoms with Crippen LogP contribution in [-0.2, 0) is 11.8 Å². The van der Waals surface area contributed by atoms with Crippen LogP contribution in [0.2, 0.25) is 0 Å². The Balaban J connectivity index is 1.86. The minimum Gasteiger partial charge on any atom is -0.497 e. The average molecular weight is 444 g/mol. The highest BCUT2D eigenvalue weighted by atomic mass is 16.5. The molecule has 4 rings (SSSR count). The zero-order valence-electron chi connectivity index (χ0n) is 19.1. The van der Waals surface area contributed by atoms with Crippen molar-refractivity contribution < 1.29 is 14.2 Å². The molecule has 0 aliphatic heterocycles. The lowest BCUT2D eigenvalue weighted by Gasteiger charge is -2.13. The zero-order valence-corrected chi connectivity index (χ0v) is 19.1. The van der Waals surface area contributed by atoms with Gasteiger partial charge in [0.25, 0.3) is 0 Å². The van der Waals surface area contributed by atoms with Crippen molar-refractivity contribution in [2.75, 3.05) is 20.8 Å². The van der Waals surface area contributed by atoms with E-state index in [1.807, 2.05) is 56.6 Å². The molecule has 0 radical (unpaired) electrons. The van der Waals surface area contributed by atoms with Gasteiger partial charge in [0, 0.05) is 30.4 Å². The van der Waals surface area contributed by atoms with Crippen molar-refractivity contribution in [3.05, 3.63) is 78.6 Å². The number of allylic oxidation sites excluding steroid dienone is 1. The van der Waals surface area contributed by atoms with Crippen LogP contribution in [0, 0.1) is 0 Å². The summed E-state index contributed by atoms with van der Waals surface area (Å²) < 4.78 is 18.2. The second-order valence-electron chi connectivity index (χ2n) is 7.26. The first-order chi connectivity index (χ1) is 16.0. The van der Waals surface area contributed by atoms with Gasteiger partial charge in [0.15, 0.2) is 5.65 Å². The number of hydrogen-bond acceptors (Lipinski definition) is 7. The van der Waals surface area contributed by atoms with Gasteiger partial charge in [-0.05, 0) is 42.8 Å². The Hall–Kier alpha value is -4.20. The van der Waals surface area contributed by atoms with Gasteiger partial charge < -0.3 is 14.2 Å². The van der Waals surface area contributed by atoms with Crippen molar-refractivity contribution in [1.29, 1.82) is 0 Å². The van der Waals surface area contributed by atoms with E-state index in [0.29, 0.717) is 46.4 Å². The van der Waals surface area contributed by atoms with Gasteiger partial charge in [0.05, 0.1) is 44.6 Å². The molecule has 0 fully saturated rings.